The highest BCUT2D eigenvalue weighted by atomic mass is 16.5. The number of nitrogens with zero attached hydrogens (tertiary/aromatic N) is 4. The lowest BCUT2D eigenvalue weighted by atomic mass is 10.0. The third-order valence-electron chi connectivity index (χ3n) is 4.30. The normalized spacial score (nSPS) is 18.2. The van der Waals surface area contributed by atoms with Gasteiger partial charge in [0.1, 0.15) is 0 Å². The molecule has 3 amide bonds. The standard InChI is InChI=1S/C15H26N6O3/c1-11-6-4-5-7-21(11)9-8-20(3)15(23)17-10-12-18-13(19-24-12)14(22)16-2/h11H,4-10H2,1-3H3,(H,16,22)(H,17,23)/t11-/m1/s1. The lowest BCUT2D eigenvalue weighted by molar-refractivity contribution is 0.0950. The smallest absolute Gasteiger partial charge is 0.317 e. The summed E-state index contributed by atoms with van der Waals surface area (Å²) >= 11 is 0. The molecule has 1 aromatic heterocycles. The number of aromatic nitrogens is 2. The first kappa shape index (κ1) is 18.2. The number of amides is 3. The highest BCUT2D eigenvalue weighted by molar-refractivity contribution is 5.89. The Morgan fingerprint density at radius 1 is 1.42 bits per heavy atom. The van der Waals surface area contributed by atoms with E-state index in [1.165, 1.54) is 26.3 Å². The van der Waals surface area contributed by atoms with Crippen molar-refractivity contribution in [2.24, 2.45) is 0 Å². The zero-order chi connectivity index (χ0) is 17.5. The van der Waals surface area contributed by atoms with Crippen LogP contribution in [0.15, 0.2) is 4.52 Å². The Morgan fingerprint density at radius 2 is 2.21 bits per heavy atom. The minimum atomic E-state index is -0.427. The Balaban J connectivity index is 1.73. The maximum absolute atomic E-state index is 12.1. The maximum atomic E-state index is 12.1. The number of likely N-dealkylation sites (N-methyl/N-ethyl adjacent to an activating group) is 1. The monoisotopic (exact) mass is 338 g/mol. The Hall–Kier alpha value is -2.16. The lowest BCUT2D eigenvalue weighted by Gasteiger charge is -2.34. The number of hydrogen-bond acceptors (Lipinski definition) is 6. The Morgan fingerprint density at radius 3 is 2.92 bits per heavy atom. The summed E-state index contributed by atoms with van der Waals surface area (Å²) in [5.41, 5.74) is 0. The summed E-state index contributed by atoms with van der Waals surface area (Å²) < 4.78 is 4.92. The zero-order valence-corrected chi connectivity index (χ0v) is 14.5. The number of rotatable bonds is 6. The number of hydrogen-bond donors (Lipinski definition) is 2. The van der Waals surface area contributed by atoms with E-state index in [1.807, 2.05) is 0 Å². The summed E-state index contributed by atoms with van der Waals surface area (Å²) in [7, 11) is 3.24. The highest BCUT2D eigenvalue weighted by Gasteiger charge is 2.19. The average Bonchev–Trinajstić information content (AvgIpc) is 3.07. The summed E-state index contributed by atoms with van der Waals surface area (Å²) in [5.74, 6) is -0.279. The first-order valence-electron chi connectivity index (χ1n) is 8.29. The van der Waals surface area contributed by atoms with Gasteiger partial charge in [0.2, 0.25) is 5.89 Å². The maximum Gasteiger partial charge on any atom is 0.317 e. The van der Waals surface area contributed by atoms with Gasteiger partial charge in [-0.1, -0.05) is 11.6 Å². The number of likely N-dealkylation sites (tertiary alicyclic amines) is 1. The molecule has 9 nitrogen and oxygen atoms in total. The molecule has 1 saturated heterocycles. The first-order chi connectivity index (χ1) is 11.5. The molecule has 1 fully saturated rings. The van der Waals surface area contributed by atoms with Gasteiger partial charge in [0.15, 0.2) is 0 Å². The molecule has 9 heteroatoms. The molecule has 134 valence electrons. The van der Waals surface area contributed by atoms with Gasteiger partial charge in [-0.05, 0) is 26.3 Å². The summed E-state index contributed by atoms with van der Waals surface area (Å²) in [6.07, 6.45) is 3.74. The summed E-state index contributed by atoms with van der Waals surface area (Å²) in [5, 5.41) is 8.66. The van der Waals surface area contributed by atoms with Crippen LogP contribution in [0.3, 0.4) is 0 Å². The fraction of sp³-hybridized carbons (Fsp3) is 0.733. The van der Waals surface area contributed by atoms with Gasteiger partial charge < -0.3 is 20.1 Å². The van der Waals surface area contributed by atoms with Gasteiger partial charge in [-0.15, -0.1) is 0 Å². The second kappa shape index (κ2) is 8.62. The molecule has 24 heavy (non-hydrogen) atoms. The van der Waals surface area contributed by atoms with E-state index in [9.17, 15) is 9.59 Å². The number of carbonyl (C=O) groups is 2. The Bertz CT molecular complexity index is 561. The molecular formula is C15H26N6O3. The van der Waals surface area contributed by atoms with E-state index in [0.29, 0.717) is 12.6 Å². The van der Waals surface area contributed by atoms with E-state index in [-0.39, 0.29) is 24.3 Å². The molecular weight excluding hydrogens is 312 g/mol. The molecule has 2 heterocycles. The number of urea groups is 1. The molecule has 2 rings (SSSR count). The quantitative estimate of drug-likeness (QED) is 0.780. The molecule has 1 aliphatic rings. The van der Waals surface area contributed by atoms with Crippen molar-refractivity contribution in [3.05, 3.63) is 11.7 Å². The van der Waals surface area contributed by atoms with Crippen LogP contribution < -0.4 is 10.6 Å². The topological polar surface area (TPSA) is 104 Å². The van der Waals surface area contributed by atoms with E-state index >= 15 is 0 Å². The largest absolute Gasteiger partial charge is 0.352 e. The van der Waals surface area contributed by atoms with Crippen molar-refractivity contribution in [1.29, 1.82) is 0 Å². The van der Waals surface area contributed by atoms with E-state index in [4.69, 9.17) is 4.52 Å². The number of carbonyl (C=O) groups excluding carboxylic acids is 2. The van der Waals surface area contributed by atoms with E-state index in [0.717, 1.165) is 13.1 Å². The Kier molecular flexibility index (Phi) is 6.53. The molecule has 0 aliphatic carbocycles. The van der Waals surface area contributed by atoms with Crippen LogP contribution in [0.4, 0.5) is 4.79 Å². The van der Waals surface area contributed by atoms with Gasteiger partial charge >= 0.3 is 6.03 Å². The van der Waals surface area contributed by atoms with Crippen molar-refractivity contribution >= 4 is 11.9 Å². The fourth-order valence-corrected chi connectivity index (χ4v) is 2.69. The number of piperidine rings is 1. The summed E-state index contributed by atoms with van der Waals surface area (Å²) in [6.45, 7) is 4.95. The average molecular weight is 338 g/mol. The second-order valence-corrected chi connectivity index (χ2v) is 6.05. The molecule has 2 N–H and O–H groups in total. The van der Waals surface area contributed by atoms with Crippen LogP contribution in [-0.2, 0) is 6.54 Å². The van der Waals surface area contributed by atoms with Crippen molar-refractivity contribution < 1.29 is 14.1 Å². The van der Waals surface area contributed by atoms with Crippen LogP contribution in [0.1, 0.15) is 42.7 Å². The van der Waals surface area contributed by atoms with Gasteiger partial charge in [0.05, 0.1) is 6.54 Å². The van der Waals surface area contributed by atoms with Crippen molar-refractivity contribution in [3.63, 3.8) is 0 Å². The van der Waals surface area contributed by atoms with Crippen LogP contribution in [0, 0.1) is 0 Å². The predicted octanol–water partition coefficient (Wildman–Crippen LogP) is 0.445. The zero-order valence-electron chi connectivity index (χ0n) is 14.5. The predicted molar refractivity (Wildman–Crippen MR) is 87.4 cm³/mol. The van der Waals surface area contributed by atoms with Gasteiger partial charge in [-0.3, -0.25) is 9.69 Å². The minimum Gasteiger partial charge on any atom is -0.352 e. The van der Waals surface area contributed by atoms with Crippen LogP contribution in [0.5, 0.6) is 0 Å². The van der Waals surface area contributed by atoms with Gasteiger partial charge in [0, 0.05) is 33.2 Å². The molecule has 0 bridgehead atoms. The van der Waals surface area contributed by atoms with Crippen LogP contribution in [0.2, 0.25) is 0 Å². The molecule has 0 aromatic carbocycles. The fourth-order valence-electron chi connectivity index (χ4n) is 2.69. The van der Waals surface area contributed by atoms with Crippen molar-refractivity contribution in [1.82, 2.24) is 30.6 Å². The van der Waals surface area contributed by atoms with Crippen LogP contribution >= 0.6 is 0 Å². The molecule has 0 unspecified atom stereocenters. The van der Waals surface area contributed by atoms with Gasteiger partial charge in [-0.25, -0.2) is 4.79 Å². The molecule has 0 spiro atoms. The van der Waals surface area contributed by atoms with Gasteiger partial charge in [0.25, 0.3) is 11.7 Å². The summed E-state index contributed by atoms with van der Waals surface area (Å²) in [6, 6.07) is 0.371. The SMILES string of the molecule is CNC(=O)c1noc(CNC(=O)N(C)CCN2CCCC[C@H]2C)n1. The minimum absolute atomic E-state index is 0.0470. The van der Waals surface area contributed by atoms with Crippen LogP contribution in [0.25, 0.3) is 0 Å². The third-order valence-corrected chi connectivity index (χ3v) is 4.30. The molecule has 0 radical (unpaired) electrons. The van der Waals surface area contributed by atoms with Crippen molar-refractivity contribution in [2.75, 3.05) is 33.7 Å². The van der Waals surface area contributed by atoms with E-state index in [2.05, 4.69) is 32.6 Å². The third kappa shape index (κ3) is 4.92. The van der Waals surface area contributed by atoms with Crippen LogP contribution in [-0.4, -0.2) is 71.7 Å². The van der Waals surface area contributed by atoms with Gasteiger partial charge in [-0.2, -0.15) is 4.98 Å². The molecule has 1 atom stereocenters. The summed E-state index contributed by atoms with van der Waals surface area (Å²) in [4.78, 5) is 31.4. The van der Waals surface area contributed by atoms with Crippen molar-refractivity contribution in [3.8, 4) is 0 Å². The second-order valence-electron chi connectivity index (χ2n) is 6.05. The molecule has 1 aromatic rings. The first-order valence-corrected chi connectivity index (χ1v) is 8.29. The van der Waals surface area contributed by atoms with E-state index in [1.54, 1.807) is 11.9 Å². The Labute approximate surface area is 141 Å². The van der Waals surface area contributed by atoms with E-state index < -0.39 is 5.91 Å². The highest BCUT2D eigenvalue weighted by Crippen LogP contribution is 2.15. The van der Waals surface area contributed by atoms with Crippen molar-refractivity contribution in [2.45, 2.75) is 38.8 Å². The number of nitrogens with one attached hydrogen (secondary N) is 2. The molecule has 0 saturated carbocycles. The lowest BCUT2D eigenvalue weighted by Crippen LogP contribution is -2.45. The molecule has 1 aliphatic heterocycles.